The number of hydrogen-bond donors (Lipinski definition) is 2. The molecule has 0 aromatic carbocycles. The number of rotatable bonds is 5. The molecule has 0 bridgehead atoms. The maximum absolute atomic E-state index is 6.08. The van der Waals surface area contributed by atoms with E-state index in [0.717, 1.165) is 30.7 Å². The van der Waals surface area contributed by atoms with Crippen molar-refractivity contribution in [3.05, 3.63) is 21.9 Å². The number of likely N-dealkylation sites (tertiary alicyclic amines) is 1. The Bertz CT molecular complexity index is 539. The van der Waals surface area contributed by atoms with E-state index in [1.165, 1.54) is 25.9 Å². The Labute approximate surface area is 172 Å². The zero-order chi connectivity index (χ0) is 16.8. The molecule has 1 aromatic heterocycles. The van der Waals surface area contributed by atoms with Gasteiger partial charge in [0.15, 0.2) is 5.96 Å². The second-order valence-electron chi connectivity index (χ2n) is 6.21. The minimum absolute atomic E-state index is 0. The minimum atomic E-state index is 0. The molecule has 0 unspecified atom stereocenters. The SMILES string of the molecule is CN=C(NCCN1CCC(C)CC1)NCc1cc(Cl)c(Cl)n1C.I. The van der Waals surface area contributed by atoms with Crippen molar-refractivity contribution in [2.45, 2.75) is 26.3 Å². The van der Waals surface area contributed by atoms with Crippen molar-refractivity contribution in [3.63, 3.8) is 0 Å². The van der Waals surface area contributed by atoms with Crippen LogP contribution in [0, 0.1) is 5.92 Å². The van der Waals surface area contributed by atoms with E-state index in [1.807, 2.05) is 17.7 Å². The number of piperidine rings is 1. The molecular weight excluding hydrogens is 460 g/mol. The quantitative estimate of drug-likeness (QED) is 0.380. The summed E-state index contributed by atoms with van der Waals surface area (Å²) in [6, 6.07) is 1.87. The molecule has 0 radical (unpaired) electrons. The number of halogens is 3. The maximum Gasteiger partial charge on any atom is 0.191 e. The molecule has 1 saturated heterocycles. The van der Waals surface area contributed by atoms with Gasteiger partial charge in [-0.15, -0.1) is 24.0 Å². The maximum atomic E-state index is 6.08. The number of hydrogen-bond acceptors (Lipinski definition) is 2. The molecule has 2 N–H and O–H groups in total. The van der Waals surface area contributed by atoms with Gasteiger partial charge in [0.05, 0.1) is 11.6 Å². The third-order valence-electron chi connectivity index (χ3n) is 4.47. The Balaban J connectivity index is 0.00000288. The highest BCUT2D eigenvalue weighted by Crippen LogP contribution is 2.24. The Morgan fingerprint density at radius 2 is 1.96 bits per heavy atom. The zero-order valence-corrected chi connectivity index (χ0v) is 18.5. The highest BCUT2D eigenvalue weighted by Gasteiger charge is 2.15. The molecule has 2 rings (SSSR count). The highest BCUT2D eigenvalue weighted by atomic mass is 127. The van der Waals surface area contributed by atoms with Crippen molar-refractivity contribution in [3.8, 4) is 0 Å². The van der Waals surface area contributed by atoms with Gasteiger partial charge < -0.3 is 20.1 Å². The van der Waals surface area contributed by atoms with Crippen molar-refractivity contribution in [1.29, 1.82) is 0 Å². The van der Waals surface area contributed by atoms with Crippen LogP contribution >= 0.6 is 47.2 Å². The lowest BCUT2D eigenvalue weighted by Gasteiger charge is -2.30. The first kappa shape index (κ1) is 21.9. The topological polar surface area (TPSA) is 44.6 Å². The standard InChI is InChI=1S/C16H27Cl2N5.HI/c1-12-4-7-23(8-5-12)9-6-20-16(19-2)21-11-13-10-14(17)15(18)22(13)3;/h10,12H,4-9,11H2,1-3H3,(H2,19,20,21);1H. The summed E-state index contributed by atoms with van der Waals surface area (Å²) < 4.78 is 1.87. The molecule has 24 heavy (non-hydrogen) atoms. The molecule has 1 aromatic rings. The summed E-state index contributed by atoms with van der Waals surface area (Å²) in [5.41, 5.74) is 1.02. The van der Waals surface area contributed by atoms with Gasteiger partial charge in [0.1, 0.15) is 5.15 Å². The zero-order valence-electron chi connectivity index (χ0n) is 14.6. The van der Waals surface area contributed by atoms with Crippen LogP contribution < -0.4 is 10.6 Å². The van der Waals surface area contributed by atoms with Gasteiger partial charge in [-0.05, 0) is 37.9 Å². The van der Waals surface area contributed by atoms with Crippen molar-refractivity contribution < 1.29 is 0 Å². The Morgan fingerprint density at radius 1 is 1.29 bits per heavy atom. The molecule has 1 fully saturated rings. The number of guanidine groups is 1. The minimum Gasteiger partial charge on any atom is -0.355 e. The summed E-state index contributed by atoms with van der Waals surface area (Å²) in [5.74, 6) is 1.67. The summed E-state index contributed by atoms with van der Waals surface area (Å²) in [5, 5.41) is 7.79. The monoisotopic (exact) mass is 487 g/mol. The van der Waals surface area contributed by atoms with Crippen LogP contribution in [0.4, 0.5) is 0 Å². The normalized spacial score (nSPS) is 16.8. The van der Waals surface area contributed by atoms with Crippen LogP contribution in [-0.4, -0.2) is 48.7 Å². The lowest BCUT2D eigenvalue weighted by molar-refractivity contribution is 0.195. The molecule has 0 amide bonds. The molecule has 138 valence electrons. The van der Waals surface area contributed by atoms with E-state index in [9.17, 15) is 0 Å². The van der Waals surface area contributed by atoms with Crippen LogP contribution in [0.15, 0.2) is 11.1 Å². The van der Waals surface area contributed by atoms with Gasteiger partial charge in [-0.3, -0.25) is 4.99 Å². The lowest BCUT2D eigenvalue weighted by atomic mass is 9.99. The average Bonchev–Trinajstić information content (AvgIpc) is 2.79. The second-order valence-corrected chi connectivity index (χ2v) is 6.98. The van der Waals surface area contributed by atoms with Gasteiger partial charge in [0.25, 0.3) is 0 Å². The van der Waals surface area contributed by atoms with Gasteiger partial charge in [-0.1, -0.05) is 30.1 Å². The Kier molecular flexibility index (Phi) is 9.77. The van der Waals surface area contributed by atoms with E-state index in [-0.39, 0.29) is 24.0 Å². The van der Waals surface area contributed by atoms with Gasteiger partial charge >= 0.3 is 0 Å². The van der Waals surface area contributed by atoms with Gasteiger partial charge in [0.2, 0.25) is 0 Å². The van der Waals surface area contributed by atoms with Gasteiger partial charge in [0, 0.05) is 32.9 Å². The number of aromatic nitrogens is 1. The van der Waals surface area contributed by atoms with E-state index in [0.29, 0.717) is 16.7 Å². The van der Waals surface area contributed by atoms with Crippen LogP contribution in [0.25, 0.3) is 0 Å². The van der Waals surface area contributed by atoms with Crippen LogP contribution in [-0.2, 0) is 13.6 Å². The predicted octanol–water partition coefficient (Wildman–Crippen LogP) is 3.35. The second kappa shape index (κ2) is 10.7. The molecule has 1 aliphatic rings. The van der Waals surface area contributed by atoms with Crippen molar-refractivity contribution >= 4 is 53.1 Å². The first-order chi connectivity index (χ1) is 11.0. The number of aliphatic imine (C=N–C) groups is 1. The summed E-state index contributed by atoms with van der Waals surface area (Å²) in [4.78, 5) is 6.77. The van der Waals surface area contributed by atoms with Crippen LogP contribution in [0.3, 0.4) is 0 Å². The first-order valence-corrected chi connectivity index (χ1v) is 8.93. The fourth-order valence-electron chi connectivity index (χ4n) is 2.77. The number of nitrogens with one attached hydrogen (secondary N) is 2. The first-order valence-electron chi connectivity index (χ1n) is 8.17. The molecule has 0 spiro atoms. The molecule has 0 atom stereocenters. The molecule has 0 saturated carbocycles. The van der Waals surface area contributed by atoms with Crippen molar-refractivity contribution in [2.75, 3.05) is 33.2 Å². The van der Waals surface area contributed by atoms with E-state index < -0.39 is 0 Å². The smallest absolute Gasteiger partial charge is 0.191 e. The van der Waals surface area contributed by atoms with Crippen LogP contribution in [0.1, 0.15) is 25.5 Å². The van der Waals surface area contributed by atoms with E-state index in [2.05, 4.69) is 27.4 Å². The van der Waals surface area contributed by atoms with Gasteiger partial charge in [-0.25, -0.2) is 0 Å². The predicted molar refractivity (Wildman–Crippen MR) is 114 cm³/mol. The number of nitrogens with zero attached hydrogens (tertiary/aromatic N) is 3. The highest BCUT2D eigenvalue weighted by molar-refractivity contribution is 14.0. The van der Waals surface area contributed by atoms with Crippen molar-refractivity contribution in [2.24, 2.45) is 18.0 Å². The Morgan fingerprint density at radius 3 is 2.50 bits per heavy atom. The van der Waals surface area contributed by atoms with E-state index in [1.54, 1.807) is 7.05 Å². The average molecular weight is 488 g/mol. The summed E-state index contributed by atoms with van der Waals surface area (Å²) >= 11 is 12.1. The van der Waals surface area contributed by atoms with E-state index in [4.69, 9.17) is 23.2 Å². The lowest BCUT2D eigenvalue weighted by Crippen LogP contribution is -2.43. The molecule has 1 aliphatic heterocycles. The molecule has 5 nitrogen and oxygen atoms in total. The fourth-order valence-corrected chi connectivity index (χ4v) is 3.19. The van der Waals surface area contributed by atoms with Crippen molar-refractivity contribution in [1.82, 2.24) is 20.1 Å². The van der Waals surface area contributed by atoms with Crippen LogP contribution in [0.2, 0.25) is 10.2 Å². The largest absolute Gasteiger partial charge is 0.355 e. The van der Waals surface area contributed by atoms with Crippen LogP contribution in [0.5, 0.6) is 0 Å². The Hall–Kier alpha value is -0.180. The summed E-state index contributed by atoms with van der Waals surface area (Å²) in [7, 11) is 3.68. The van der Waals surface area contributed by atoms with Gasteiger partial charge in [-0.2, -0.15) is 0 Å². The summed E-state index contributed by atoms with van der Waals surface area (Å²) in [6.45, 7) is 7.32. The fraction of sp³-hybridized carbons (Fsp3) is 0.688. The molecule has 0 aliphatic carbocycles. The molecule has 8 heteroatoms. The molecule has 2 heterocycles. The third-order valence-corrected chi connectivity index (χ3v) is 5.31. The van der Waals surface area contributed by atoms with E-state index >= 15 is 0 Å². The third kappa shape index (κ3) is 6.28. The summed E-state index contributed by atoms with van der Waals surface area (Å²) in [6.07, 6.45) is 2.62. The molecular formula is C16H28Cl2IN5.